The van der Waals surface area contributed by atoms with Crippen molar-refractivity contribution in [2.24, 2.45) is 0 Å². The largest absolute Gasteiger partial charge is 0.393 e. The molecule has 1 N–H and O–H groups in total. The van der Waals surface area contributed by atoms with Crippen LogP contribution in [0.4, 0.5) is 0 Å². The van der Waals surface area contributed by atoms with Crippen molar-refractivity contribution in [3.8, 4) is 0 Å². The van der Waals surface area contributed by atoms with Crippen molar-refractivity contribution in [2.75, 3.05) is 0 Å². The maximum absolute atomic E-state index is 9.06. The molecule has 1 unspecified atom stereocenters. The van der Waals surface area contributed by atoms with E-state index in [0.29, 0.717) is 6.42 Å². The molecule has 0 aromatic carbocycles. The molecule has 0 saturated heterocycles. The fourth-order valence-corrected chi connectivity index (χ4v) is 0.975. The van der Waals surface area contributed by atoms with Crippen LogP contribution in [0.3, 0.4) is 0 Å². The number of rotatable bonds is 3. The van der Waals surface area contributed by atoms with E-state index in [1.54, 1.807) is 11.6 Å². The standard InChI is InChI=1S/C7H13N3O/c1-3-10-7(4-6(2)11)8-5-9-10/h5-6,11H,3-4H2,1-2H3. The van der Waals surface area contributed by atoms with E-state index in [0.717, 1.165) is 12.4 Å². The summed E-state index contributed by atoms with van der Waals surface area (Å²) in [5.74, 6) is 0.850. The number of hydrogen-bond donors (Lipinski definition) is 1. The lowest BCUT2D eigenvalue weighted by Gasteiger charge is -2.03. The number of aryl methyl sites for hydroxylation is 1. The zero-order valence-corrected chi connectivity index (χ0v) is 6.86. The Morgan fingerprint density at radius 1 is 1.73 bits per heavy atom. The lowest BCUT2D eigenvalue weighted by molar-refractivity contribution is 0.191. The Morgan fingerprint density at radius 2 is 2.45 bits per heavy atom. The second kappa shape index (κ2) is 3.48. The van der Waals surface area contributed by atoms with E-state index in [4.69, 9.17) is 5.11 Å². The average molecular weight is 155 g/mol. The van der Waals surface area contributed by atoms with Gasteiger partial charge in [-0.05, 0) is 13.8 Å². The van der Waals surface area contributed by atoms with Crippen LogP contribution in [0.2, 0.25) is 0 Å². The second-order valence-electron chi connectivity index (χ2n) is 2.55. The van der Waals surface area contributed by atoms with Gasteiger partial charge in [-0.15, -0.1) is 0 Å². The van der Waals surface area contributed by atoms with Gasteiger partial charge in [0.15, 0.2) is 0 Å². The summed E-state index contributed by atoms with van der Waals surface area (Å²) in [6.07, 6.45) is 1.75. The minimum absolute atomic E-state index is 0.343. The van der Waals surface area contributed by atoms with Crippen LogP contribution in [0, 0.1) is 0 Å². The molecule has 4 heteroatoms. The summed E-state index contributed by atoms with van der Waals surface area (Å²) in [5, 5.41) is 13.0. The summed E-state index contributed by atoms with van der Waals surface area (Å²) in [5.41, 5.74) is 0. The maximum Gasteiger partial charge on any atom is 0.138 e. The highest BCUT2D eigenvalue weighted by molar-refractivity contribution is 4.85. The van der Waals surface area contributed by atoms with Crippen LogP contribution in [-0.4, -0.2) is 26.0 Å². The van der Waals surface area contributed by atoms with Crippen LogP contribution < -0.4 is 0 Å². The molecule has 1 aromatic heterocycles. The first-order valence-corrected chi connectivity index (χ1v) is 3.78. The molecule has 1 atom stereocenters. The maximum atomic E-state index is 9.06. The molecular weight excluding hydrogens is 142 g/mol. The Kier molecular flexibility index (Phi) is 2.59. The lowest BCUT2D eigenvalue weighted by Crippen LogP contribution is -2.11. The van der Waals surface area contributed by atoms with Crippen LogP contribution in [-0.2, 0) is 13.0 Å². The van der Waals surface area contributed by atoms with E-state index < -0.39 is 0 Å². The first-order valence-electron chi connectivity index (χ1n) is 3.78. The van der Waals surface area contributed by atoms with E-state index in [-0.39, 0.29) is 6.10 Å². The van der Waals surface area contributed by atoms with Gasteiger partial charge in [0.1, 0.15) is 12.2 Å². The second-order valence-corrected chi connectivity index (χ2v) is 2.55. The van der Waals surface area contributed by atoms with E-state index in [1.807, 2.05) is 6.92 Å². The highest BCUT2D eigenvalue weighted by Gasteiger charge is 2.04. The highest BCUT2D eigenvalue weighted by Crippen LogP contribution is 1.98. The normalized spacial score (nSPS) is 13.4. The third kappa shape index (κ3) is 2.01. The smallest absolute Gasteiger partial charge is 0.138 e. The summed E-state index contributed by atoms with van der Waals surface area (Å²) in [6, 6.07) is 0. The minimum atomic E-state index is -0.343. The number of aliphatic hydroxyl groups excluding tert-OH is 1. The van der Waals surface area contributed by atoms with Crippen LogP contribution in [0.25, 0.3) is 0 Å². The van der Waals surface area contributed by atoms with Gasteiger partial charge in [0.05, 0.1) is 6.10 Å². The van der Waals surface area contributed by atoms with Gasteiger partial charge in [0.2, 0.25) is 0 Å². The monoisotopic (exact) mass is 155 g/mol. The first-order chi connectivity index (χ1) is 5.24. The summed E-state index contributed by atoms with van der Waals surface area (Å²) in [6.45, 7) is 4.55. The Bertz CT molecular complexity index is 219. The Hall–Kier alpha value is -0.900. The molecule has 1 aromatic rings. The van der Waals surface area contributed by atoms with Gasteiger partial charge < -0.3 is 5.11 Å². The fourth-order valence-electron chi connectivity index (χ4n) is 0.975. The van der Waals surface area contributed by atoms with Crippen LogP contribution in [0.1, 0.15) is 19.7 Å². The van der Waals surface area contributed by atoms with Gasteiger partial charge >= 0.3 is 0 Å². The van der Waals surface area contributed by atoms with Crippen molar-refractivity contribution < 1.29 is 5.11 Å². The van der Waals surface area contributed by atoms with Crippen LogP contribution >= 0.6 is 0 Å². The van der Waals surface area contributed by atoms with Crippen molar-refractivity contribution in [1.29, 1.82) is 0 Å². The zero-order chi connectivity index (χ0) is 8.27. The van der Waals surface area contributed by atoms with Crippen molar-refractivity contribution in [1.82, 2.24) is 14.8 Å². The molecule has 4 nitrogen and oxygen atoms in total. The molecule has 0 radical (unpaired) electrons. The molecule has 0 aliphatic rings. The topological polar surface area (TPSA) is 50.9 Å². The van der Waals surface area contributed by atoms with E-state index >= 15 is 0 Å². The summed E-state index contributed by atoms with van der Waals surface area (Å²) >= 11 is 0. The van der Waals surface area contributed by atoms with E-state index in [2.05, 4.69) is 10.1 Å². The predicted octanol–water partition coefficient (Wildman–Crippen LogP) is 0.221. The van der Waals surface area contributed by atoms with Crippen LogP contribution in [0.5, 0.6) is 0 Å². The van der Waals surface area contributed by atoms with Crippen LogP contribution in [0.15, 0.2) is 6.33 Å². The number of aromatic nitrogens is 3. The number of nitrogens with zero attached hydrogens (tertiary/aromatic N) is 3. The molecular formula is C7H13N3O. The molecule has 11 heavy (non-hydrogen) atoms. The Labute approximate surface area is 65.9 Å². The molecule has 0 saturated carbocycles. The van der Waals surface area contributed by atoms with Crippen molar-refractivity contribution >= 4 is 0 Å². The lowest BCUT2D eigenvalue weighted by atomic mass is 10.3. The molecule has 0 aliphatic carbocycles. The number of aliphatic hydroxyl groups is 1. The molecule has 0 bridgehead atoms. The van der Waals surface area contributed by atoms with E-state index in [9.17, 15) is 0 Å². The Morgan fingerprint density at radius 3 is 3.00 bits per heavy atom. The van der Waals surface area contributed by atoms with Crippen molar-refractivity contribution in [3.63, 3.8) is 0 Å². The van der Waals surface area contributed by atoms with Gasteiger partial charge in [-0.2, -0.15) is 5.10 Å². The van der Waals surface area contributed by atoms with Gasteiger partial charge in [-0.25, -0.2) is 4.98 Å². The predicted molar refractivity (Wildman–Crippen MR) is 41.1 cm³/mol. The zero-order valence-electron chi connectivity index (χ0n) is 6.86. The Balaban J connectivity index is 2.68. The summed E-state index contributed by atoms with van der Waals surface area (Å²) in [4.78, 5) is 4.02. The molecule has 0 fully saturated rings. The first kappa shape index (κ1) is 8.20. The van der Waals surface area contributed by atoms with Gasteiger partial charge in [0.25, 0.3) is 0 Å². The molecule has 0 amide bonds. The average Bonchev–Trinajstić information content (AvgIpc) is 2.34. The number of hydrogen-bond acceptors (Lipinski definition) is 3. The van der Waals surface area contributed by atoms with Crippen molar-refractivity contribution in [2.45, 2.75) is 32.9 Å². The quantitative estimate of drug-likeness (QED) is 0.679. The molecule has 1 heterocycles. The molecule has 0 spiro atoms. The SMILES string of the molecule is CCn1ncnc1CC(C)O. The van der Waals surface area contributed by atoms with Gasteiger partial charge in [-0.1, -0.05) is 0 Å². The summed E-state index contributed by atoms with van der Waals surface area (Å²) < 4.78 is 1.78. The third-order valence-corrected chi connectivity index (χ3v) is 1.47. The third-order valence-electron chi connectivity index (χ3n) is 1.47. The van der Waals surface area contributed by atoms with Gasteiger partial charge in [0, 0.05) is 13.0 Å². The fraction of sp³-hybridized carbons (Fsp3) is 0.714. The minimum Gasteiger partial charge on any atom is -0.393 e. The van der Waals surface area contributed by atoms with Crippen molar-refractivity contribution in [3.05, 3.63) is 12.2 Å². The molecule has 0 aliphatic heterocycles. The van der Waals surface area contributed by atoms with Gasteiger partial charge in [-0.3, -0.25) is 4.68 Å². The molecule has 62 valence electrons. The molecule has 1 rings (SSSR count). The van der Waals surface area contributed by atoms with E-state index in [1.165, 1.54) is 6.33 Å². The highest BCUT2D eigenvalue weighted by atomic mass is 16.3. The summed E-state index contributed by atoms with van der Waals surface area (Å²) in [7, 11) is 0.